The van der Waals surface area contributed by atoms with E-state index in [2.05, 4.69) is 15.0 Å². The second kappa shape index (κ2) is 5.71. The van der Waals surface area contributed by atoms with Crippen molar-refractivity contribution in [3.63, 3.8) is 0 Å². The van der Waals surface area contributed by atoms with E-state index in [9.17, 15) is 0 Å². The Morgan fingerprint density at radius 2 is 1.95 bits per heavy atom. The van der Waals surface area contributed by atoms with Gasteiger partial charge >= 0.3 is 0 Å². The van der Waals surface area contributed by atoms with Crippen molar-refractivity contribution in [1.82, 2.24) is 15.0 Å². The highest BCUT2D eigenvalue weighted by atomic mass is 35.5. The number of imidazole rings is 1. The maximum atomic E-state index is 5.42. The molecule has 4 nitrogen and oxygen atoms in total. The first-order valence-electron chi connectivity index (χ1n) is 5.90. The zero-order valence-electron chi connectivity index (χ0n) is 10.5. The molecule has 1 N–H and O–H groups in total. The summed E-state index contributed by atoms with van der Waals surface area (Å²) in [6.07, 6.45) is 3.51. The summed E-state index contributed by atoms with van der Waals surface area (Å²) >= 11 is 0. The highest BCUT2D eigenvalue weighted by Gasteiger charge is 2.04. The van der Waals surface area contributed by atoms with Crippen molar-refractivity contribution in [2.75, 3.05) is 6.61 Å². The van der Waals surface area contributed by atoms with E-state index in [0.29, 0.717) is 6.61 Å². The molecule has 0 bridgehead atoms. The molecule has 0 unspecified atom stereocenters. The molecule has 0 spiro atoms. The predicted molar refractivity (Wildman–Crippen MR) is 77.7 cm³/mol. The molecule has 1 aromatic carbocycles. The van der Waals surface area contributed by atoms with Gasteiger partial charge in [-0.15, -0.1) is 12.4 Å². The number of aromatic nitrogens is 3. The van der Waals surface area contributed by atoms with Crippen LogP contribution in [0.25, 0.3) is 22.4 Å². The molecule has 0 aliphatic carbocycles. The number of hydrogen-bond donors (Lipinski definition) is 1. The molecular weight excluding hydrogens is 262 g/mol. The lowest BCUT2D eigenvalue weighted by molar-refractivity contribution is 0.340. The smallest absolute Gasteiger partial charge is 0.138 e. The zero-order chi connectivity index (χ0) is 12.4. The third-order valence-electron chi connectivity index (χ3n) is 2.72. The van der Waals surface area contributed by atoms with Crippen molar-refractivity contribution < 1.29 is 4.74 Å². The molecule has 98 valence electrons. The van der Waals surface area contributed by atoms with Crippen LogP contribution in [0.4, 0.5) is 0 Å². The molecule has 3 aromatic rings. The second-order valence-electron chi connectivity index (χ2n) is 3.94. The summed E-state index contributed by atoms with van der Waals surface area (Å²) in [5.74, 6) is 1.72. The van der Waals surface area contributed by atoms with Crippen LogP contribution in [0.3, 0.4) is 0 Å². The molecule has 5 heteroatoms. The standard InChI is InChI=1S/C14H13N3O.ClH/c1-2-18-11-5-3-10(4-6-11)14-16-12-7-8-15-9-13(12)17-14;/h3-9H,2H2,1H3,(H,16,17);1H. The third-order valence-corrected chi connectivity index (χ3v) is 2.72. The van der Waals surface area contributed by atoms with E-state index in [0.717, 1.165) is 28.2 Å². The van der Waals surface area contributed by atoms with Gasteiger partial charge in [-0.25, -0.2) is 4.98 Å². The van der Waals surface area contributed by atoms with Gasteiger partial charge in [0.2, 0.25) is 0 Å². The quantitative estimate of drug-likeness (QED) is 0.796. The summed E-state index contributed by atoms with van der Waals surface area (Å²) < 4.78 is 5.42. The fraction of sp³-hybridized carbons (Fsp3) is 0.143. The Hall–Kier alpha value is -2.07. The molecule has 0 saturated carbocycles. The van der Waals surface area contributed by atoms with Crippen LogP contribution < -0.4 is 4.74 Å². The number of aromatic amines is 1. The van der Waals surface area contributed by atoms with Crippen molar-refractivity contribution in [3.8, 4) is 17.1 Å². The first-order chi connectivity index (χ1) is 8.86. The number of rotatable bonds is 3. The van der Waals surface area contributed by atoms with E-state index in [4.69, 9.17) is 4.74 Å². The molecule has 2 heterocycles. The van der Waals surface area contributed by atoms with Gasteiger partial charge in [0.15, 0.2) is 0 Å². The minimum Gasteiger partial charge on any atom is -0.494 e. The largest absolute Gasteiger partial charge is 0.494 e. The van der Waals surface area contributed by atoms with Crippen LogP contribution in [0.1, 0.15) is 6.92 Å². The van der Waals surface area contributed by atoms with E-state index in [-0.39, 0.29) is 12.4 Å². The summed E-state index contributed by atoms with van der Waals surface area (Å²) in [5.41, 5.74) is 2.91. The molecule has 0 aliphatic rings. The van der Waals surface area contributed by atoms with Crippen LogP contribution in [-0.2, 0) is 0 Å². The molecule has 3 rings (SSSR count). The van der Waals surface area contributed by atoms with Gasteiger partial charge in [-0.1, -0.05) is 0 Å². The van der Waals surface area contributed by atoms with Gasteiger partial charge in [0, 0.05) is 11.8 Å². The fourth-order valence-corrected chi connectivity index (χ4v) is 1.87. The molecule has 19 heavy (non-hydrogen) atoms. The summed E-state index contributed by atoms with van der Waals surface area (Å²) in [7, 11) is 0. The van der Waals surface area contributed by atoms with Gasteiger partial charge in [0.05, 0.1) is 18.3 Å². The Bertz CT molecular complexity index is 631. The highest BCUT2D eigenvalue weighted by Crippen LogP contribution is 2.22. The highest BCUT2D eigenvalue weighted by molar-refractivity contribution is 5.85. The van der Waals surface area contributed by atoms with Crippen LogP contribution in [0.2, 0.25) is 0 Å². The van der Waals surface area contributed by atoms with Crippen molar-refractivity contribution >= 4 is 23.4 Å². The third kappa shape index (κ3) is 2.69. The van der Waals surface area contributed by atoms with E-state index in [1.807, 2.05) is 37.3 Å². The molecule has 0 aliphatic heterocycles. The van der Waals surface area contributed by atoms with Crippen LogP contribution in [0, 0.1) is 0 Å². The molecule has 0 saturated heterocycles. The normalized spacial score (nSPS) is 10.2. The number of nitrogens with zero attached hydrogens (tertiary/aromatic N) is 2. The van der Waals surface area contributed by atoms with Crippen LogP contribution in [0.5, 0.6) is 5.75 Å². The van der Waals surface area contributed by atoms with Crippen LogP contribution in [0.15, 0.2) is 42.7 Å². The van der Waals surface area contributed by atoms with E-state index in [1.54, 1.807) is 12.4 Å². The van der Waals surface area contributed by atoms with Gasteiger partial charge in [0.25, 0.3) is 0 Å². The van der Waals surface area contributed by atoms with Crippen molar-refractivity contribution in [2.45, 2.75) is 6.92 Å². The number of H-pyrrole nitrogens is 1. The molecular formula is C14H14ClN3O. The van der Waals surface area contributed by atoms with E-state index >= 15 is 0 Å². The average Bonchev–Trinajstić information content (AvgIpc) is 2.84. The number of nitrogens with one attached hydrogen (secondary N) is 1. The van der Waals surface area contributed by atoms with Gasteiger partial charge in [-0.3, -0.25) is 4.98 Å². The Kier molecular flexibility index (Phi) is 4.02. The van der Waals surface area contributed by atoms with Gasteiger partial charge in [-0.05, 0) is 37.3 Å². The summed E-state index contributed by atoms with van der Waals surface area (Å²) in [6, 6.07) is 9.81. The lowest BCUT2D eigenvalue weighted by atomic mass is 10.2. The Balaban J connectivity index is 0.00000133. The number of fused-ring (bicyclic) bond motifs is 1. The van der Waals surface area contributed by atoms with E-state index < -0.39 is 0 Å². The second-order valence-corrected chi connectivity index (χ2v) is 3.94. The first kappa shape index (κ1) is 13.4. The van der Waals surface area contributed by atoms with Gasteiger partial charge in [0.1, 0.15) is 17.1 Å². The van der Waals surface area contributed by atoms with Gasteiger partial charge < -0.3 is 9.72 Å². The lowest BCUT2D eigenvalue weighted by Gasteiger charge is -2.02. The SMILES string of the molecule is CCOc1ccc(-c2nc3cnccc3[nH]2)cc1.Cl. The van der Waals surface area contributed by atoms with Crippen molar-refractivity contribution in [1.29, 1.82) is 0 Å². The first-order valence-corrected chi connectivity index (χ1v) is 5.90. The topological polar surface area (TPSA) is 50.8 Å². The number of ether oxygens (including phenoxy) is 1. The number of halogens is 1. The maximum absolute atomic E-state index is 5.42. The summed E-state index contributed by atoms with van der Waals surface area (Å²) in [4.78, 5) is 11.8. The Labute approximate surface area is 117 Å². The van der Waals surface area contributed by atoms with Crippen LogP contribution >= 0.6 is 12.4 Å². The Morgan fingerprint density at radius 3 is 2.63 bits per heavy atom. The van der Waals surface area contributed by atoms with Crippen molar-refractivity contribution in [2.24, 2.45) is 0 Å². The predicted octanol–water partition coefficient (Wildman–Crippen LogP) is 3.45. The molecule has 2 aromatic heterocycles. The minimum atomic E-state index is 0. The molecule has 0 amide bonds. The molecule has 0 fully saturated rings. The lowest BCUT2D eigenvalue weighted by Crippen LogP contribution is -1.90. The van der Waals surface area contributed by atoms with Crippen LogP contribution in [-0.4, -0.2) is 21.6 Å². The average molecular weight is 276 g/mol. The number of pyridine rings is 1. The molecule has 0 atom stereocenters. The zero-order valence-corrected chi connectivity index (χ0v) is 11.3. The van der Waals surface area contributed by atoms with E-state index in [1.165, 1.54) is 0 Å². The Morgan fingerprint density at radius 1 is 1.16 bits per heavy atom. The maximum Gasteiger partial charge on any atom is 0.138 e. The summed E-state index contributed by atoms with van der Waals surface area (Å²) in [5, 5.41) is 0. The fourth-order valence-electron chi connectivity index (χ4n) is 1.87. The minimum absolute atomic E-state index is 0. The summed E-state index contributed by atoms with van der Waals surface area (Å²) in [6.45, 7) is 2.65. The number of benzene rings is 1. The number of hydrogen-bond acceptors (Lipinski definition) is 3. The van der Waals surface area contributed by atoms with Gasteiger partial charge in [-0.2, -0.15) is 0 Å². The molecule has 0 radical (unpaired) electrons. The monoisotopic (exact) mass is 275 g/mol. The van der Waals surface area contributed by atoms with Crippen molar-refractivity contribution in [3.05, 3.63) is 42.7 Å².